The fourth-order valence-electron chi connectivity index (χ4n) is 4.25. The van der Waals surface area contributed by atoms with Gasteiger partial charge < -0.3 is 15.0 Å². The van der Waals surface area contributed by atoms with Crippen LogP contribution in [0.25, 0.3) is 0 Å². The Morgan fingerprint density at radius 2 is 1.85 bits per heavy atom. The third-order valence-electron chi connectivity index (χ3n) is 5.73. The molecule has 0 unspecified atom stereocenters. The van der Waals surface area contributed by atoms with Crippen molar-refractivity contribution >= 4 is 23.2 Å². The summed E-state index contributed by atoms with van der Waals surface area (Å²) >= 11 is 6.13. The van der Waals surface area contributed by atoms with E-state index in [0.717, 1.165) is 38.5 Å². The minimum Gasteiger partial charge on any atom is -0.495 e. The first-order valence-corrected chi connectivity index (χ1v) is 10.6. The normalized spacial score (nSPS) is 20.2. The van der Waals surface area contributed by atoms with Crippen molar-refractivity contribution in [3.8, 4) is 5.75 Å². The Labute approximate surface area is 168 Å². The second kappa shape index (κ2) is 10.3. The predicted molar refractivity (Wildman–Crippen MR) is 111 cm³/mol. The molecule has 2 aliphatic rings. The molecule has 5 nitrogen and oxygen atoms in total. The summed E-state index contributed by atoms with van der Waals surface area (Å²) in [6, 6.07) is 5.32. The van der Waals surface area contributed by atoms with Gasteiger partial charge in [0.1, 0.15) is 5.75 Å². The largest absolute Gasteiger partial charge is 0.495 e. The molecule has 3 rings (SSSR count). The molecule has 2 fully saturated rings. The molecule has 1 aromatic rings. The summed E-state index contributed by atoms with van der Waals surface area (Å²) in [6.07, 6.45) is 8.15. The van der Waals surface area contributed by atoms with Gasteiger partial charge in [0.05, 0.1) is 18.7 Å². The van der Waals surface area contributed by atoms with Crippen LogP contribution in [0.3, 0.4) is 0 Å². The van der Waals surface area contributed by atoms with Gasteiger partial charge in [0.15, 0.2) is 0 Å². The molecular weight excluding hydrogens is 362 g/mol. The van der Waals surface area contributed by atoms with Gasteiger partial charge in [-0.3, -0.25) is 9.69 Å². The number of rotatable bonds is 6. The number of benzene rings is 1. The molecule has 1 saturated carbocycles. The van der Waals surface area contributed by atoms with Crippen LogP contribution >= 0.6 is 11.6 Å². The van der Waals surface area contributed by atoms with E-state index in [2.05, 4.69) is 15.1 Å². The fraction of sp³-hybridized carbons (Fsp3) is 0.667. The number of anilines is 1. The van der Waals surface area contributed by atoms with E-state index in [9.17, 15) is 4.79 Å². The topological polar surface area (TPSA) is 44.8 Å². The molecule has 1 aliphatic carbocycles. The molecule has 1 aliphatic heterocycles. The van der Waals surface area contributed by atoms with Crippen LogP contribution in [-0.2, 0) is 4.79 Å². The standard InChI is InChI=1S/C21H32ClN3O2/c1-27-20-9-8-18(14-19(20)22)23-21(26)16-25-11-5-10-24(12-13-25)15-17-6-3-2-4-7-17/h8-9,14,17H,2-7,10-13,15-16H2,1H3,(H,23,26). The van der Waals surface area contributed by atoms with Crippen molar-refractivity contribution in [1.29, 1.82) is 0 Å². The van der Waals surface area contributed by atoms with E-state index in [1.54, 1.807) is 19.2 Å². The third kappa shape index (κ3) is 6.37. The molecule has 1 heterocycles. The van der Waals surface area contributed by atoms with E-state index < -0.39 is 0 Å². The summed E-state index contributed by atoms with van der Waals surface area (Å²) in [6.45, 7) is 5.84. The highest BCUT2D eigenvalue weighted by Gasteiger charge is 2.21. The van der Waals surface area contributed by atoms with Crippen LogP contribution in [0.4, 0.5) is 5.69 Å². The number of hydrogen-bond donors (Lipinski definition) is 1. The highest BCUT2D eigenvalue weighted by atomic mass is 35.5. The van der Waals surface area contributed by atoms with Gasteiger partial charge in [-0.05, 0) is 56.5 Å². The van der Waals surface area contributed by atoms with Crippen molar-refractivity contribution in [2.75, 3.05) is 51.7 Å². The first-order valence-electron chi connectivity index (χ1n) is 10.2. The lowest BCUT2D eigenvalue weighted by Gasteiger charge is -2.28. The summed E-state index contributed by atoms with van der Waals surface area (Å²) in [7, 11) is 1.58. The number of methoxy groups -OCH3 is 1. The average molecular weight is 394 g/mol. The smallest absolute Gasteiger partial charge is 0.238 e. The number of nitrogens with one attached hydrogen (secondary N) is 1. The molecule has 0 atom stereocenters. The van der Waals surface area contributed by atoms with Crippen LogP contribution in [-0.4, -0.2) is 62.1 Å². The van der Waals surface area contributed by atoms with Crippen molar-refractivity contribution in [2.24, 2.45) is 5.92 Å². The van der Waals surface area contributed by atoms with Crippen molar-refractivity contribution in [3.05, 3.63) is 23.2 Å². The maximum atomic E-state index is 12.4. The molecule has 0 aromatic heterocycles. The fourth-order valence-corrected chi connectivity index (χ4v) is 4.51. The summed E-state index contributed by atoms with van der Waals surface area (Å²) in [5, 5.41) is 3.45. The minimum atomic E-state index is 0.0111. The maximum Gasteiger partial charge on any atom is 0.238 e. The van der Waals surface area contributed by atoms with Gasteiger partial charge in [-0.15, -0.1) is 0 Å². The van der Waals surface area contributed by atoms with Gasteiger partial charge >= 0.3 is 0 Å². The quantitative estimate of drug-likeness (QED) is 0.796. The predicted octanol–water partition coefficient (Wildman–Crippen LogP) is 3.88. The SMILES string of the molecule is COc1ccc(NC(=O)CN2CCCN(CC3CCCCC3)CC2)cc1Cl. The van der Waals surface area contributed by atoms with Crippen LogP contribution in [0.5, 0.6) is 5.75 Å². The van der Waals surface area contributed by atoms with Crippen molar-refractivity contribution < 1.29 is 9.53 Å². The lowest BCUT2D eigenvalue weighted by atomic mass is 9.89. The van der Waals surface area contributed by atoms with Gasteiger partial charge in [0.25, 0.3) is 0 Å². The Morgan fingerprint density at radius 3 is 2.59 bits per heavy atom. The summed E-state index contributed by atoms with van der Waals surface area (Å²) in [5.41, 5.74) is 0.708. The number of amides is 1. The lowest BCUT2D eigenvalue weighted by molar-refractivity contribution is -0.117. The van der Waals surface area contributed by atoms with Crippen LogP contribution in [0.1, 0.15) is 38.5 Å². The minimum absolute atomic E-state index is 0.0111. The van der Waals surface area contributed by atoms with Crippen molar-refractivity contribution in [2.45, 2.75) is 38.5 Å². The van der Waals surface area contributed by atoms with Gasteiger partial charge in [-0.25, -0.2) is 0 Å². The lowest BCUT2D eigenvalue weighted by Crippen LogP contribution is -2.37. The summed E-state index contributed by atoms with van der Waals surface area (Å²) < 4.78 is 5.15. The molecule has 0 spiro atoms. The Hall–Kier alpha value is -1.30. The molecule has 1 amide bonds. The molecule has 6 heteroatoms. The van der Waals surface area contributed by atoms with Gasteiger partial charge in [-0.1, -0.05) is 30.9 Å². The van der Waals surface area contributed by atoms with Crippen LogP contribution < -0.4 is 10.1 Å². The van der Waals surface area contributed by atoms with E-state index in [0.29, 0.717) is 23.0 Å². The average Bonchev–Trinajstić information content (AvgIpc) is 2.88. The van der Waals surface area contributed by atoms with E-state index in [4.69, 9.17) is 16.3 Å². The Bertz CT molecular complexity index is 619. The number of carbonyl (C=O) groups is 1. The Balaban J connectivity index is 1.43. The number of nitrogens with zero attached hydrogens (tertiary/aromatic N) is 2. The van der Waals surface area contributed by atoms with Crippen molar-refractivity contribution in [3.63, 3.8) is 0 Å². The Kier molecular flexibility index (Phi) is 7.80. The molecule has 0 radical (unpaired) electrons. The van der Waals surface area contributed by atoms with Crippen LogP contribution in [0, 0.1) is 5.92 Å². The first-order chi connectivity index (χ1) is 13.1. The molecule has 0 bridgehead atoms. The van der Waals surface area contributed by atoms with E-state index >= 15 is 0 Å². The summed E-state index contributed by atoms with van der Waals surface area (Å²) in [5.74, 6) is 1.51. The number of halogens is 1. The second-order valence-corrected chi connectivity index (χ2v) is 8.24. The molecule has 27 heavy (non-hydrogen) atoms. The number of hydrogen-bond acceptors (Lipinski definition) is 4. The summed E-state index contributed by atoms with van der Waals surface area (Å²) in [4.78, 5) is 17.3. The monoisotopic (exact) mass is 393 g/mol. The van der Waals surface area contributed by atoms with Gasteiger partial charge in [-0.2, -0.15) is 0 Å². The zero-order chi connectivity index (χ0) is 19.1. The van der Waals surface area contributed by atoms with Crippen LogP contribution in [0.2, 0.25) is 5.02 Å². The Morgan fingerprint density at radius 1 is 1.11 bits per heavy atom. The highest BCUT2D eigenvalue weighted by Crippen LogP contribution is 2.27. The zero-order valence-electron chi connectivity index (χ0n) is 16.4. The molecular formula is C21H32ClN3O2. The van der Waals surface area contributed by atoms with E-state index in [-0.39, 0.29) is 5.91 Å². The molecule has 1 N–H and O–H groups in total. The first kappa shape index (κ1) is 20.4. The number of carbonyl (C=O) groups excluding carboxylic acids is 1. The van der Waals surface area contributed by atoms with Gasteiger partial charge in [0.2, 0.25) is 5.91 Å². The van der Waals surface area contributed by atoms with Gasteiger partial charge in [0, 0.05) is 25.3 Å². The van der Waals surface area contributed by atoms with Crippen LogP contribution in [0.15, 0.2) is 18.2 Å². The number of ether oxygens (including phenoxy) is 1. The highest BCUT2D eigenvalue weighted by molar-refractivity contribution is 6.32. The third-order valence-corrected chi connectivity index (χ3v) is 6.02. The van der Waals surface area contributed by atoms with E-state index in [1.165, 1.54) is 38.6 Å². The van der Waals surface area contributed by atoms with E-state index in [1.807, 2.05) is 6.07 Å². The molecule has 150 valence electrons. The molecule has 1 saturated heterocycles. The van der Waals surface area contributed by atoms with Crippen molar-refractivity contribution in [1.82, 2.24) is 9.80 Å². The zero-order valence-corrected chi connectivity index (χ0v) is 17.1. The molecule has 1 aromatic carbocycles. The second-order valence-electron chi connectivity index (χ2n) is 7.83. The maximum absolute atomic E-state index is 12.4.